The lowest BCUT2D eigenvalue weighted by molar-refractivity contribution is 0.0784. The van der Waals surface area contributed by atoms with Gasteiger partial charge in [-0.3, -0.25) is 4.79 Å². The molecule has 0 aromatic heterocycles. The molecule has 0 aliphatic rings. The minimum absolute atomic E-state index is 0.0803. The third-order valence-electron chi connectivity index (χ3n) is 5.07. The molecular formula is C24H26N2O3S. The molecule has 1 amide bonds. The molecule has 6 heteroatoms. The topological polar surface area (TPSA) is 66.5 Å². The molecule has 0 heterocycles. The van der Waals surface area contributed by atoms with Crippen molar-refractivity contribution < 1.29 is 13.2 Å². The van der Waals surface area contributed by atoms with Crippen molar-refractivity contribution in [2.24, 2.45) is 0 Å². The van der Waals surface area contributed by atoms with Gasteiger partial charge in [0.1, 0.15) is 0 Å². The molecule has 1 N–H and O–H groups in total. The molecule has 5 nitrogen and oxygen atoms in total. The third-order valence-corrected chi connectivity index (χ3v) is 6.47. The monoisotopic (exact) mass is 422 g/mol. The van der Waals surface area contributed by atoms with Gasteiger partial charge in [-0.25, -0.2) is 13.1 Å². The summed E-state index contributed by atoms with van der Waals surface area (Å²) in [5.41, 5.74) is 4.14. The number of nitrogens with zero attached hydrogens (tertiary/aromatic N) is 1. The van der Waals surface area contributed by atoms with Crippen molar-refractivity contribution in [1.29, 1.82) is 0 Å². The van der Waals surface area contributed by atoms with E-state index < -0.39 is 10.0 Å². The Bertz CT molecular complexity index is 1140. The van der Waals surface area contributed by atoms with Gasteiger partial charge < -0.3 is 4.90 Å². The second-order valence-electron chi connectivity index (χ2n) is 7.37. The van der Waals surface area contributed by atoms with Gasteiger partial charge in [0.15, 0.2) is 0 Å². The summed E-state index contributed by atoms with van der Waals surface area (Å²) < 4.78 is 28.1. The quantitative estimate of drug-likeness (QED) is 0.625. The Morgan fingerprint density at radius 1 is 0.900 bits per heavy atom. The minimum Gasteiger partial charge on any atom is -0.337 e. The highest BCUT2D eigenvalue weighted by molar-refractivity contribution is 7.89. The van der Waals surface area contributed by atoms with Crippen molar-refractivity contribution in [1.82, 2.24) is 9.62 Å². The maximum atomic E-state index is 13.1. The number of amides is 1. The van der Waals surface area contributed by atoms with E-state index in [9.17, 15) is 13.2 Å². The van der Waals surface area contributed by atoms with Crippen molar-refractivity contribution in [2.75, 3.05) is 7.05 Å². The van der Waals surface area contributed by atoms with E-state index in [0.717, 1.165) is 22.3 Å². The van der Waals surface area contributed by atoms with Gasteiger partial charge in [-0.15, -0.1) is 0 Å². The molecule has 0 saturated heterocycles. The number of carbonyl (C=O) groups excluding carboxylic acids is 1. The van der Waals surface area contributed by atoms with Crippen LogP contribution in [0.1, 0.15) is 32.6 Å². The van der Waals surface area contributed by atoms with Gasteiger partial charge in [-0.1, -0.05) is 60.7 Å². The van der Waals surface area contributed by atoms with Gasteiger partial charge in [-0.2, -0.15) is 0 Å². The van der Waals surface area contributed by atoms with E-state index in [-0.39, 0.29) is 17.3 Å². The Morgan fingerprint density at radius 2 is 1.57 bits per heavy atom. The normalized spacial score (nSPS) is 11.3. The Hall–Kier alpha value is -2.96. The summed E-state index contributed by atoms with van der Waals surface area (Å²) in [5, 5.41) is 0. The molecule has 0 spiro atoms. The summed E-state index contributed by atoms with van der Waals surface area (Å²) in [7, 11) is -2.02. The van der Waals surface area contributed by atoms with Crippen LogP contribution in [0.5, 0.6) is 0 Å². The van der Waals surface area contributed by atoms with E-state index in [1.165, 1.54) is 12.1 Å². The standard InChI is InChI=1S/C24H26N2O3S/c1-18-9-7-8-12-21(18)17-26(3)24(27)23-15-22(14-13-19(23)2)30(28,29)25-16-20-10-5-4-6-11-20/h4-15,25H,16-17H2,1-3H3. The van der Waals surface area contributed by atoms with Crippen LogP contribution in [0.25, 0.3) is 0 Å². The average Bonchev–Trinajstić information content (AvgIpc) is 2.74. The molecule has 3 rings (SSSR count). The van der Waals surface area contributed by atoms with E-state index in [0.29, 0.717) is 12.1 Å². The van der Waals surface area contributed by atoms with Crippen LogP contribution in [0.15, 0.2) is 77.7 Å². The first-order valence-electron chi connectivity index (χ1n) is 9.72. The molecule has 0 atom stereocenters. The Labute approximate surface area is 178 Å². The zero-order valence-electron chi connectivity index (χ0n) is 17.4. The van der Waals surface area contributed by atoms with Crippen molar-refractivity contribution in [3.8, 4) is 0 Å². The van der Waals surface area contributed by atoms with Crippen LogP contribution >= 0.6 is 0 Å². The molecule has 0 bridgehead atoms. The lowest BCUT2D eigenvalue weighted by Gasteiger charge is -2.20. The zero-order chi connectivity index (χ0) is 21.7. The van der Waals surface area contributed by atoms with Gasteiger partial charge in [0.05, 0.1) is 4.90 Å². The molecule has 0 aliphatic heterocycles. The predicted molar refractivity (Wildman–Crippen MR) is 119 cm³/mol. The fourth-order valence-corrected chi connectivity index (χ4v) is 4.22. The summed E-state index contributed by atoms with van der Waals surface area (Å²) >= 11 is 0. The van der Waals surface area contributed by atoms with Crippen LogP contribution in [-0.2, 0) is 23.1 Å². The molecule has 3 aromatic carbocycles. The number of benzene rings is 3. The highest BCUT2D eigenvalue weighted by Gasteiger charge is 2.20. The van der Waals surface area contributed by atoms with Gasteiger partial charge in [-0.05, 0) is 48.2 Å². The van der Waals surface area contributed by atoms with E-state index in [2.05, 4.69) is 4.72 Å². The molecule has 0 radical (unpaired) electrons. The van der Waals surface area contributed by atoms with Crippen LogP contribution in [0.2, 0.25) is 0 Å². The van der Waals surface area contributed by atoms with Gasteiger partial charge >= 0.3 is 0 Å². The summed E-state index contributed by atoms with van der Waals surface area (Å²) in [5.74, 6) is -0.212. The molecule has 0 saturated carbocycles. The molecule has 0 fully saturated rings. The van der Waals surface area contributed by atoms with Crippen molar-refractivity contribution in [3.63, 3.8) is 0 Å². The van der Waals surface area contributed by atoms with Gasteiger partial charge in [0.2, 0.25) is 10.0 Å². The van der Waals surface area contributed by atoms with Crippen LogP contribution in [0.4, 0.5) is 0 Å². The average molecular weight is 423 g/mol. The Kier molecular flexibility index (Phi) is 6.70. The summed E-state index contributed by atoms with van der Waals surface area (Å²) in [6.45, 7) is 4.45. The minimum atomic E-state index is -3.74. The Balaban J connectivity index is 1.80. The number of nitrogens with one attached hydrogen (secondary N) is 1. The summed E-state index contributed by atoms with van der Waals surface area (Å²) in [6.07, 6.45) is 0. The van der Waals surface area contributed by atoms with Crippen LogP contribution in [-0.4, -0.2) is 26.3 Å². The molecule has 3 aromatic rings. The SMILES string of the molecule is Cc1ccccc1CN(C)C(=O)c1cc(S(=O)(=O)NCc2ccccc2)ccc1C. The highest BCUT2D eigenvalue weighted by atomic mass is 32.2. The fourth-order valence-electron chi connectivity index (χ4n) is 3.18. The van der Waals surface area contributed by atoms with E-state index in [1.54, 1.807) is 18.0 Å². The van der Waals surface area contributed by atoms with Gasteiger partial charge in [0, 0.05) is 25.7 Å². The number of rotatable bonds is 7. The predicted octanol–water partition coefficient (Wildman–Crippen LogP) is 4.05. The number of carbonyl (C=O) groups is 1. The number of aryl methyl sites for hydroxylation is 2. The summed E-state index contributed by atoms with van der Waals surface area (Å²) in [4.78, 5) is 14.7. The largest absolute Gasteiger partial charge is 0.337 e. The number of sulfonamides is 1. The van der Waals surface area contributed by atoms with E-state index >= 15 is 0 Å². The van der Waals surface area contributed by atoms with Gasteiger partial charge in [0.25, 0.3) is 5.91 Å². The van der Waals surface area contributed by atoms with Crippen LogP contribution < -0.4 is 4.72 Å². The third kappa shape index (κ3) is 5.14. The second-order valence-corrected chi connectivity index (χ2v) is 9.14. The molecule has 30 heavy (non-hydrogen) atoms. The maximum Gasteiger partial charge on any atom is 0.254 e. The van der Waals surface area contributed by atoms with Crippen molar-refractivity contribution in [2.45, 2.75) is 31.8 Å². The fraction of sp³-hybridized carbons (Fsp3) is 0.208. The number of hydrogen-bond donors (Lipinski definition) is 1. The highest BCUT2D eigenvalue weighted by Crippen LogP contribution is 2.19. The zero-order valence-corrected chi connectivity index (χ0v) is 18.2. The molecule has 156 valence electrons. The van der Waals surface area contributed by atoms with Crippen LogP contribution in [0.3, 0.4) is 0 Å². The van der Waals surface area contributed by atoms with Crippen LogP contribution in [0, 0.1) is 13.8 Å². The molecule has 0 aliphatic carbocycles. The second kappa shape index (κ2) is 9.24. The number of hydrogen-bond acceptors (Lipinski definition) is 3. The first-order chi connectivity index (χ1) is 14.3. The molecule has 0 unspecified atom stereocenters. The Morgan fingerprint density at radius 3 is 2.27 bits per heavy atom. The van der Waals surface area contributed by atoms with Crippen molar-refractivity contribution >= 4 is 15.9 Å². The first kappa shape index (κ1) is 21.7. The van der Waals surface area contributed by atoms with E-state index in [1.807, 2.05) is 68.4 Å². The smallest absolute Gasteiger partial charge is 0.254 e. The lowest BCUT2D eigenvalue weighted by Crippen LogP contribution is -2.28. The summed E-state index contributed by atoms with van der Waals surface area (Å²) in [6, 6.07) is 21.9. The molecular weight excluding hydrogens is 396 g/mol. The maximum absolute atomic E-state index is 13.1. The van der Waals surface area contributed by atoms with E-state index in [4.69, 9.17) is 0 Å². The van der Waals surface area contributed by atoms with Crippen molar-refractivity contribution in [3.05, 3.63) is 101 Å². The first-order valence-corrected chi connectivity index (χ1v) is 11.2. The lowest BCUT2D eigenvalue weighted by atomic mass is 10.1.